The number of hydrogen-bond donors (Lipinski definition) is 0. The van der Waals surface area contributed by atoms with Gasteiger partial charge in [-0.05, 0) is 50.8 Å². The van der Waals surface area contributed by atoms with Crippen molar-refractivity contribution in [3.05, 3.63) is 53.2 Å². The molecule has 0 fully saturated rings. The van der Waals surface area contributed by atoms with Gasteiger partial charge in [0.15, 0.2) is 0 Å². The predicted molar refractivity (Wildman–Crippen MR) is 100 cm³/mol. The number of nitrogens with zero attached hydrogens (tertiary/aromatic N) is 3. The molecule has 4 heteroatoms. The van der Waals surface area contributed by atoms with Crippen molar-refractivity contribution in [3.8, 4) is 5.88 Å². The van der Waals surface area contributed by atoms with Crippen molar-refractivity contribution in [3.63, 3.8) is 0 Å². The average molecular weight is 325 g/mol. The summed E-state index contributed by atoms with van der Waals surface area (Å²) in [6.07, 6.45) is 3.83. The summed E-state index contributed by atoms with van der Waals surface area (Å²) in [5, 5.41) is 0. The summed E-state index contributed by atoms with van der Waals surface area (Å²) in [6, 6.07) is 12.3. The van der Waals surface area contributed by atoms with Crippen LogP contribution in [-0.2, 0) is 6.42 Å². The van der Waals surface area contributed by atoms with Crippen LogP contribution < -0.4 is 4.74 Å². The topological polar surface area (TPSA) is 37.7 Å². The Morgan fingerprint density at radius 3 is 2.67 bits per heavy atom. The quantitative estimate of drug-likeness (QED) is 0.412. The molecule has 0 saturated carbocycles. The minimum absolute atomic E-state index is 0.667. The van der Waals surface area contributed by atoms with E-state index >= 15 is 0 Å². The van der Waals surface area contributed by atoms with Gasteiger partial charge in [-0.3, -0.25) is 0 Å². The molecule has 128 valence electrons. The Balaban J connectivity index is 1.84. The van der Waals surface area contributed by atoms with Gasteiger partial charge in [-0.1, -0.05) is 24.3 Å². The van der Waals surface area contributed by atoms with Gasteiger partial charge in [-0.15, -0.1) is 0 Å². The third-order valence-corrected chi connectivity index (χ3v) is 4.03. The van der Waals surface area contributed by atoms with Crippen LogP contribution in [0.1, 0.15) is 30.2 Å². The molecule has 0 aliphatic rings. The van der Waals surface area contributed by atoms with Crippen molar-refractivity contribution >= 4 is 12.0 Å². The van der Waals surface area contributed by atoms with Crippen LogP contribution in [0.25, 0.3) is 0 Å². The van der Waals surface area contributed by atoms with Crippen molar-refractivity contribution in [2.24, 2.45) is 4.99 Å². The maximum Gasteiger partial charge on any atom is 0.213 e. The maximum absolute atomic E-state index is 5.78. The molecule has 0 spiro atoms. The van der Waals surface area contributed by atoms with Gasteiger partial charge in [0.2, 0.25) is 5.88 Å². The van der Waals surface area contributed by atoms with E-state index in [-0.39, 0.29) is 0 Å². The second kappa shape index (κ2) is 9.06. The monoisotopic (exact) mass is 325 g/mol. The minimum Gasteiger partial charge on any atom is -0.478 e. The van der Waals surface area contributed by atoms with Crippen LogP contribution >= 0.6 is 0 Å². The van der Waals surface area contributed by atoms with Gasteiger partial charge in [0, 0.05) is 19.7 Å². The van der Waals surface area contributed by atoms with Crippen molar-refractivity contribution in [2.75, 3.05) is 20.2 Å². The van der Waals surface area contributed by atoms with Gasteiger partial charge in [-0.2, -0.15) is 0 Å². The highest BCUT2D eigenvalue weighted by molar-refractivity contribution is 5.62. The van der Waals surface area contributed by atoms with E-state index in [2.05, 4.69) is 48.1 Å². The van der Waals surface area contributed by atoms with E-state index in [1.54, 1.807) is 0 Å². The molecule has 0 aliphatic carbocycles. The summed E-state index contributed by atoms with van der Waals surface area (Å²) in [5.41, 5.74) is 4.48. The molecule has 0 saturated heterocycles. The lowest BCUT2D eigenvalue weighted by Crippen LogP contribution is -2.14. The van der Waals surface area contributed by atoms with Crippen molar-refractivity contribution < 1.29 is 4.74 Å². The molecule has 24 heavy (non-hydrogen) atoms. The first-order chi connectivity index (χ1) is 11.6. The van der Waals surface area contributed by atoms with E-state index in [1.807, 2.05) is 37.3 Å². The van der Waals surface area contributed by atoms with Gasteiger partial charge in [0.1, 0.15) is 0 Å². The summed E-state index contributed by atoms with van der Waals surface area (Å²) < 4.78 is 5.78. The predicted octanol–water partition coefficient (Wildman–Crippen LogP) is 4.32. The fraction of sp³-hybridized carbons (Fsp3) is 0.400. The first kappa shape index (κ1) is 18.0. The van der Waals surface area contributed by atoms with E-state index in [9.17, 15) is 0 Å². The minimum atomic E-state index is 0.667. The van der Waals surface area contributed by atoms with Crippen molar-refractivity contribution in [1.29, 1.82) is 0 Å². The summed E-state index contributed by atoms with van der Waals surface area (Å²) in [7, 11) is 2.00. The molecule has 1 heterocycles. The van der Waals surface area contributed by atoms with E-state index in [1.165, 1.54) is 11.1 Å². The molecule has 1 aromatic heterocycles. The summed E-state index contributed by atoms with van der Waals surface area (Å²) in [6.45, 7) is 7.79. The van der Waals surface area contributed by atoms with Gasteiger partial charge in [0.05, 0.1) is 24.3 Å². The van der Waals surface area contributed by atoms with E-state index < -0.39 is 0 Å². The molecule has 0 N–H and O–H groups in total. The molecule has 0 atom stereocenters. The average Bonchev–Trinajstić information content (AvgIpc) is 2.59. The third kappa shape index (κ3) is 5.37. The Morgan fingerprint density at radius 2 is 1.96 bits per heavy atom. The first-order valence-electron chi connectivity index (χ1n) is 8.49. The number of aromatic nitrogens is 1. The lowest BCUT2D eigenvalue weighted by Gasteiger charge is -2.10. The molecule has 4 nitrogen and oxygen atoms in total. The Kier molecular flexibility index (Phi) is 6.79. The van der Waals surface area contributed by atoms with Crippen LogP contribution in [-0.4, -0.2) is 36.4 Å². The number of ether oxygens (including phenoxy) is 1. The number of aryl methyl sites for hydroxylation is 3. The van der Waals surface area contributed by atoms with Crippen LogP contribution in [0.5, 0.6) is 5.88 Å². The highest BCUT2D eigenvalue weighted by atomic mass is 16.5. The van der Waals surface area contributed by atoms with E-state index in [0.717, 1.165) is 30.8 Å². The van der Waals surface area contributed by atoms with E-state index in [0.29, 0.717) is 12.5 Å². The molecule has 0 aliphatic heterocycles. The number of aliphatic imine (C=N–C) groups is 1. The number of hydrogen-bond acceptors (Lipinski definition) is 3. The lowest BCUT2D eigenvalue weighted by atomic mass is 10.0. The Morgan fingerprint density at radius 1 is 1.17 bits per heavy atom. The lowest BCUT2D eigenvalue weighted by molar-refractivity contribution is 0.299. The highest BCUT2D eigenvalue weighted by Crippen LogP contribution is 2.20. The summed E-state index contributed by atoms with van der Waals surface area (Å²) >= 11 is 0. The van der Waals surface area contributed by atoms with E-state index in [4.69, 9.17) is 4.74 Å². The molecule has 0 unspecified atom stereocenters. The highest BCUT2D eigenvalue weighted by Gasteiger charge is 2.02. The van der Waals surface area contributed by atoms with Crippen molar-refractivity contribution in [2.45, 2.75) is 33.6 Å². The molecule has 0 radical (unpaired) electrons. The Bertz CT molecular complexity index is 682. The molecular formula is C20H27N3O. The van der Waals surface area contributed by atoms with Crippen LogP contribution in [0.15, 0.2) is 41.4 Å². The smallest absolute Gasteiger partial charge is 0.213 e. The molecule has 2 aromatic rings. The molecule has 0 amide bonds. The molecule has 0 bridgehead atoms. The maximum atomic E-state index is 5.78. The standard InChI is InChI=1S/C20H27N3O/c1-5-23(4)15-21-19-12-13-20(22-17(19)3)24-14-8-11-18-10-7-6-9-16(18)2/h6-7,9-10,12-13,15H,5,8,11,14H2,1-4H3/b21-15+. The van der Waals surface area contributed by atoms with Crippen LogP contribution in [0.2, 0.25) is 0 Å². The largest absolute Gasteiger partial charge is 0.478 e. The second-order valence-electron chi connectivity index (χ2n) is 5.95. The van der Waals surface area contributed by atoms with Crippen LogP contribution in [0.4, 0.5) is 5.69 Å². The summed E-state index contributed by atoms with van der Waals surface area (Å²) in [4.78, 5) is 11.0. The van der Waals surface area contributed by atoms with Gasteiger partial charge >= 0.3 is 0 Å². The van der Waals surface area contributed by atoms with Gasteiger partial charge in [-0.25, -0.2) is 9.98 Å². The number of pyridine rings is 1. The van der Waals surface area contributed by atoms with Gasteiger partial charge < -0.3 is 9.64 Å². The molecule has 1 aromatic carbocycles. The number of benzene rings is 1. The number of rotatable bonds is 8. The van der Waals surface area contributed by atoms with Crippen LogP contribution in [0, 0.1) is 13.8 Å². The van der Waals surface area contributed by atoms with Crippen molar-refractivity contribution in [1.82, 2.24) is 9.88 Å². The third-order valence-electron chi connectivity index (χ3n) is 4.03. The fourth-order valence-electron chi connectivity index (χ4n) is 2.32. The zero-order valence-electron chi connectivity index (χ0n) is 15.1. The zero-order chi connectivity index (χ0) is 17.4. The Hall–Kier alpha value is -2.36. The van der Waals surface area contributed by atoms with Gasteiger partial charge in [0.25, 0.3) is 0 Å². The first-order valence-corrected chi connectivity index (χ1v) is 8.49. The molecular weight excluding hydrogens is 298 g/mol. The summed E-state index contributed by atoms with van der Waals surface area (Å²) in [5.74, 6) is 0.667. The fourth-order valence-corrected chi connectivity index (χ4v) is 2.32. The second-order valence-corrected chi connectivity index (χ2v) is 5.95. The molecule has 2 rings (SSSR count). The zero-order valence-corrected chi connectivity index (χ0v) is 15.1. The normalized spacial score (nSPS) is 11.0. The van der Waals surface area contributed by atoms with Crippen LogP contribution in [0.3, 0.4) is 0 Å². The Labute approximate surface area is 145 Å². The SMILES string of the molecule is CCN(C)/C=N/c1ccc(OCCCc2ccccc2C)nc1C.